The first-order valence-corrected chi connectivity index (χ1v) is 11.8. The molecule has 1 unspecified atom stereocenters. The number of ketones is 1. The summed E-state index contributed by atoms with van der Waals surface area (Å²) in [5, 5.41) is 11.4. The van der Waals surface area contributed by atoms with E-state index < -0.39 is 23.5 Å². The highest BCUT2D eigenvalue weighted by Gasteiger charge is 2.42. The van der Waals surface area contributed by atoms with Gasteiger partial charge in [0.05, 0.1) is 21.7 Å². The van der Waals surface area contributed by atoms with E-state index in [0.717, 1.165) is 25.2 Å². The molecule has 7 heteroatoms. The maximum absolute atomic E-state index is 13.2. The number of aliphatic hydroxyl groups excluding tert-OH is 1. The van der Waals surface area contributed by atoms with Crippen LogP contribution in [-0.2, 0) is 9.59 Å². The second kappa shape index (κ2) is 11.5. The van der Waals surface area contributed by atoms with Crippen LogP contribution in [0.3, 0.4) is 0 Å². The lowest BCUT2D eigenvalue weighted by Crippen LogP contribution is -2.34. The molecule has 1 aliphatic rings. The minimum Gasteiger partial charge on any atom is -0.503 e. The van der Waals surface area contributed by atoms with Gasteiger partial charge in [0.2, 0.25) is 0 Å². The average molecular weight is 487 g/mol. The molecule has 2 aromatic rings. The van der Waals surface area contributed by atoms with E-state index in [2.05, 4.69) is 18.7 Å². The lowest BCUT2D eigenvalue weighted by molar-refractivity contribution is -0.129. The Bertz CT molecular complexity index is 1060. The van der Waals surface area contributed by atoms with Crippen molar-refractivity contribution in [2.75, 3.05) is 26.2 Å². The fourth-order valence-electron chi connectivity index (χ4n) is 4.00. The van der Waals surface area contributed by atoms with E-state index in [1.165, 1.54) is 6.08 Å². The molecule has 5 nitrogen and oxygen atoms in total. The van der Waals surface area contributed by atoms with Crippen LogP contribution in [0.2, 0.25) is 10.0 Å². The number of aliphatic hydroxyl groups is 1. The Labute approximate surface area is 204 Å². The highest BCUT2D eigenvalue weighted by atomic mass is 35.5. The normalized spacial score (nSPS) is 16.5. The van der Waals surface area contributed by atoms with E-state index in [1.54, 1.807) is 29.2 Å². The van der Waals surface area contributed by atoms with E-state index in [-0.39, 0.29) is 5.57 Å². The minimum absolute atomic E-state index is 0.0495. The Morgan fingerprint density at radius 2 is 1.79 bits per heavy atom. The molecule has 0 saturated carbocycles. The van der Waals surface area contributed by atoms with Gasteiger partial charge in [-0.15, -0.1) is 0 Å². The predicted octanol–water partition coefficient (Wildman–Crippen LogP) is 5.70. The van der Waals surface area contributed by atoms with Gasteiger partial charge < -0.3 is 14.9 Å². The van der Waals surface area contributed by atoms with Crippen molar-refractivity contribution in [3.63, 3.8) is 0 Å². The van der Waals surface area contributed by atoms with Gasteiger partial charge in [0, 0.05) is 6.54 Å². The summed E-state index contributed by atoms with van der Waals surface area (Å²) in [5.74, 6) is -1.49. The monoisotopic (exact) mass is 486 g/mol. The molecular formula is C26H28Cl2N2O3. The molecule has 0 aromatic heterocycles. The lowest BCUT2D eigenvalue weighted by Gasteiger charge is -2.28. The third-order valence-electron chi connectivity index (χ3n) is 5.82. The van der Waals surface area contributed by atoms with Gasteiger partial charge in [-0.3, -0.25) is 9.59 Å². The van der Waals surface area contributed by atoms with E-state index in [4.69, 9.17) is 23.2 Å². The van der Waals surface area contributed by atoms with Gasteiger partial charge in [-0.2, -0.15) is 0 Å². The molecule has 0 radical (unpaired) electrons. The van der Waals surface area contributed by atoms with Crippen molar-refractivity contribution in [1.29, 1.82) is 0 Å². The second-order valence-electron chi connectivity index (χ2n) is 7.83. The number of allylic oxidation sites excluding steroid dienone is 1. The topological polar surface area (TPSA) is 60.9 Å². The number of halogens is 2. The quantitative estimate of drug-likeness (QED) is 0.437. The van der Waals surface area contributed by atoms with Crippen LogP contribution in [0.4, 0.5) is 0 Å². The summed E-state index contributed by atoms with van der Waals surface area (Å²) in [5.41, 5.74) is 1.52. The van der Waals surface area contributed by atoms with Crippen LogP contribution < -0.4 is 0 Å². The van der Waals surface area contributed by atoms with Crippen LogP contribution in [0.5, 0.6) is 0 Å². The van der Waals surface area contributed by atoms with Gasteiger partial charge in [0.15, 0.2) is 11.5 Å². The summed E-state index contributed by atoms with van der Waals surface area (Å²) in [6.07, 6.45) is 3.76. The Morgan fingerprint density at radius 3 is 2.42 bits per heavy atom. The summed E-state index contributed by atoms with van der Waals surface area (Å²) in [6, 6.07) is 13.6. The fourth-order valence-corrected chi connectivity index (χ4v) is 4.30. The molecule has 0 fully saturated rings. The molecule has 0 bridgehead atoms. The first-order valence-electron chi connectivity index (χ1n) is 11.1. The third kappa shape index (κ3) is 5.85. The Kier molecular flexibility index (Phi) is 8.73. The maximum Gasteiger partial charge on any atom is 0.290 e. The fraction of sp³-hybridized carbons (Fsp3) is 0.308. The summed E-state index contributed by atoms with van der Waals surface area (Å²) in [6.45, 7) is 7.21. The molecule has 0 spiro atoms. The average Bonchev–Trinajstić information content (AvgIpc) is 3.07. The van der Waals surface area contributed by atoms with Crippen LogP contribution in [0, 0.1) is 0 Å². The molecular weight excluding hydrogens is 459 g/mol. The summed E-state index contributed by atoms with van der Waals surface area (Å²) >= 11 is 12.3. The van der Waals surface area contributed by atoms with Crippen molar-refractivity contribution in [2.45, 2.75) is 26.3 Å². The SMILES string of the molecule is CCN(CC)CCCN1C(=O)C(O)=C(C(=O)C=Cc2ccccc2)C1c1ccc(Cl)c(Cl)c1. The van der Waals surface area contributed by atoms with Crippen molar-refractivity contribution in [1.82, 2.24) is 9.80 Å². The van der Waals surface area contributed by atoms with Gasteiger partial charge in [-0.1, -0.05) is 79.5 Å². The van der Waals surface area contributed by atoms with Gasteiger partial charge in [-0.05, 0) is 55.4 Å². The Balaban J connectivity index is 1.93. The smallest absolute Gasteiger partial charge is 0.290 e. The number of benzene rings is 2. The van der Waals surface area contributed by atoms with Crippen LogP contribution in [0.15, 0.2) is 65.9 Å². The first kappa shape index (κ1) is 25.0. The van der Waals surface area contributed by atoms with Gasteiger partial charge >= 0.3 is 0 Å². The first-order chi connectivity index (χ1) is 15.9. The Hall–Kier alpha value is -2.60. The van der Waals surface area contributed by atoms with Gasteiger partial charge in [0.25, 0.3) is 5.91 Å². The molecule has 2 aromatic carbocycles. The van der Waals surface area contributed by atoms with E-state index in [1.807, 2.05) is 30.3 Å². The van der Waals surface area contributed by atoms with Crippen molar-refractivity contribution in [3.8, 4) is 0 Å². The van der Waals surface area contributed by atoms with Crippen molar-refractivity contribution in [3.05, 3.63) is 87.1 Å². The van der Waals surface area contributed by atoms with Crippen molar-refractivity contribution >= 4 is 41.0 Å². The molecule has 1 heterocycles. The molecule has 3 rings (SSSR count). The summed E-state index contributed by atoms with van der Waals surface area (Å²) in [7, 11) is 0. The molecule has 1 aliphatic heterocycles. The summed E-state index contributed by atoms with van der Waals surface area (Å²) < 4.78 is 0. The van der Waals surface area contributed by atoms with Crippen molar-refractivity contribution in [2.24, 2.45) is 0 Å². The summed E-state index contributed by atoms with van der Waals surface area (Å²) in [4.78, 5) is 30.0. The number of carbonyl (C=O) groups is 2. The largest absolute Gasteiger partial charge is 0.503 e. The molecule has 1 amide bonds. The predicted molar refractivity (Wildman–Crippen MR) is 133 cm³/mol. The zero-order valence-corrected chi connectivity index (χ0v) is 20.3. The molecule has 1 atom stereocenters. The van der Waals surface area contributed by atoms with Gasteiger partial charge in [0.1, 0.15) is 0 Å². The number of hydrogen-bond donors (Lipinski definition) is 1. The number of amides is 1. The lowest BCUT2D eigenvalue weighted by atomic mass is 9.95. The third-order valence-corrected chi connectivity index (χ3v) is 6.56. The van der Waals surface area contributed by atoms with E-state index in [0.29, 0.717) is 28.6 Å². The van der Waals surface area contributed by atoms with E-state index in [9.17, 15) is 14.7 Å². The van der Waals surface area contributed by atoms with Crippen LogP contribution in [0.1, 0.15) is 37.4 Å². The standard InChI is InChI=1S/C26H28Cl2N2O3/c1-3-29(4-2)15-8-16-30-24(19-12-13-20(27)21(28)17-19)23(25(32)26(30)33)22(31)14-11-18-9-6-5-7-10-18/h5-7,9-14,17,24,32H,3-4,8,15-16H2,1-2H3. The zero-order valence-electron chi connectivity index (χ0n) is 18.8. The highest BCUT2D eigenvalue weighted by molar-refractivity contribution is 6.42. The minimum atomic E-state index is -0.739. The van der Waals surface area contributed by atoms with Crippen LogP contribution >= 0.6 is 23.2 Å². The molecule has 33 heavy (non-hydrogen) atoms. The van der Waals surface area contributed by atoms with Crippen LogP contribution in [-0.4, -0.2) is 52.8 Å². The number of hydrogen-bond acceptors (Lipinski definition) is 4. The molecule has 0 saturated heterocycles. The zero-order chi connectivity index (χ0) is 24.0. The molecule has 0 aliphatic carbocycles. The van der Waals surface area contributed by atoms with Crippen molar-refractivity contribution < 1.29 is 14.7 Å². The second-order valence-corrected chi connectivity index (χ2v) is 8.64. The Morgan fingerprint density at radius 1 is 1.09 bits per heavy atom. The maximum atomic E-state index is 13.2. The molecule has 1 N–H and O–H groups in total. The number of rotatable bonds is 10. The highest BCUT2D eigenvalue weighted by Crippen LogP contribution is 2.39. The van der Waals surface area contributed by atoms with Gasteiger partial charge in [-0.25, -0.2) is 0 Å². The molecule has 174 valence electrons. The van der Waals surface area contributed by atoms with Crippen LogP contribution in [0.25, 0.3) is 6.08 Å². The van der Waals surface area contributed by atoms with E-state index >= 15 is 0 Å². The number of carbonyl (C=O) groups excluding carboxylic acids is 2. The number of nitrogens with zero attached hydrogens (tertiary/aromatic N) is 2.